The summed E-state index contributed by atoms with van der Waals surface area (Å²) in [7, 11) is 0. The second-order valence-corrected chi connectivity index (χ2v) is 19.8. The van der Waals surface area contributed by atoms with Gasteiger partial charge in [0.1, 0.15) is 11.5 Å². The highest BCUT2D eigenvalue weighted by Gasteiger charge is 2.37. The Labute approximate surface area is 423 Å². The van der Waals surface area contributed by atoms with Gasteiger partial charge < -0.3 is 9.47 Å². The molecule has 2 saturated carbocycles. The average molecular weight is 1020 g/mol. The lowest BCUT2D eigenvalue weighted by molar-refractivity contribution is -0.185. The SMILES string of the molecule is CCC1CCC(CCc2ccc(C(F)(F)Oc3ccccc3-c3ccc(C(F)(F)F)cc3)cc2)CC1.CCCC1CCC(CCc2ccc(C(F)(F)Oc3ccccc3-c3ccc(C(F)(F)F)cc3)cc2)CC1. The van der Waals surface area contributed by atoms with E-state index in [0.717, 1.165) is 72.9 Å². The zero-order valence-corrected chi connectivity index (χ0v) is 41.4. The Bertz CT molecular complexity index is 2610. The van der Waals surface area contributed by atoms with Crippen molar-refractivity contribution in [1.82, 2.24) is 0 Å². The molecular weight excluding hydrogens is 955 g/mol. The average Bonchev–Trinajstić information content (AvgIpc) is 3.38. The third-order valence-corrected chi connectivity index (χ3v) is 14.8. The normalized spacial score (nSPS) is 18.6. The van der Waals surface area contributed by atoms with E-state index in [2.05, 4.69) is 13.8 Å². The van der Waals surface area contributed by atoms with Crippen molar-refractivity contribution in [3.05, 3.63) is 179 Å². The van der Waals surface area contributed by atoms with Crippen LogP contribution in [0.25, 0.3) is 22.3 Å². The molecule has 2 aliphatic rings. The highest BCUT2D eigenvalue weighted by molar-refractivity contribution is 5.71. The Morgan fingerprint density at radius 2 is 0.685 bits per heavy atom. The minimum Gasteiger partial charge on any atom is -0.428 e. The van der Waals surface area contributed by atoms with Gasteiger partial charge in [-0.2, -0.15) is 43.9 Å². The highest BCUT2D eigenvalue weighted by atomic mass is 19.4. The van der Waals surface area contributed by atoms with E-state index in [1.54, 1.807) is 60.7 Å². The van der Waals surface area contributed by atoms with Crippen molar-refractivity contribution in [1.29, 1.82) is 0 Å². The summed E-state index contributed by atoms with van der Waals surface area (Å²) >= 11 is 0. The summed E-state index contributed by atoms with van der Waals surface area (Å²) in [5.41, 5.74) is 1.22. The number of ether oxygens (including phenoxy) is 2. The molecule has 0 heterocycles. The van der Waals surface area contributed by atoms with Crippen LogP contribution in [0.1, 0.15) is 131 Å². The molecule has 0 atom stereocenters. The Hall–Kier alpha value is -5.78. The fourth-order valence-corrected chi connectivity index (χ4v) is 10.3. The number of aryl methyl sites for hydroxylation is 2. The summed E-state index contributed by atoms with van der Waals surface area (Å²) in [5, 5.41) is 0. The molecule has 0 unspecified atom stereocenters. The van der Waals surface area contributed by atoms with Gasteiger partial charge in [0.25, 0.3) is 0 Å². The molecule has 0 saturated heterocycles. The van der Waals surface area contributed by atoms with Crippen molar-refractivity contribution in [3.8, 4) is 33.8 Å². The summed E-state index contributed by atoms with van der Waals surface area (Å²) in [5.74, 6) is 2.93. The quantitative estimate of drug-likeness (QED) is 0.0848. The molecule has 0 spiro atoms. The molecule has 2 fully saturated rings. The van der Waals surface area contributed by atoms with Gasteiger partial charge in [-0.25, -0.2) is 0 Å². The molecule has 390 valence electrons. The van der Waals surface area contributed by atoms with Crippen LogP contribution >= 0.6 is 0 Å². The predicted octanol–water partition coefficient (Wildman–Crippen LogP) is 19.7. The Balaban J connectivity index is 0.000000214. The van der Waals surface area contributed by atoms with Crippen LogP contribution in [0.2, 0.25) is 0 Å². The third kappa shape index (κ3) is 15.4. The molecule has 6 aromatic rings. The van der Waals surface area contributed by atoms with Crippen LogP contribution in [0, 0.1) is 23.7 Å². The van der Waals surface area contributed by atoms with Gasteiger partial charge in [-0.15, -0.1) is 0 Å². The molecule has 6 aromatic carbocycles. The van der Waals surface area contributed by atoms with E-state index >= 15 is 17.6 Å². The molecule has 0 bridgehead atoms. The van der Waals surface area contributed by atoms with Gasteiger partial charge in [-0.05, 0) is 132 Å². The van der Waals surface area contributed by atoms with E-state index in [1.165, 1.54) is 131 Å². The van der Waals surface area contributed by atoms with E-state index in [0.29, 0.717) is 34.1 Å². The van der Waals surface area contributed by atoms with Crippen molar-refractivity contribution >= 4 is 0 Å². The van der Waals surface area contributed by atoms with Crippen molar-refractivity contribution < 1.29 is 53.4 Å². The second-order valence-electron chi connectivity index (χ2n) is 19.8. The fraction of sp³-hybridized carbons (Fsp3) is 0.410. The van der Waals surface area contributed by atoms with Crippen molar-refractivity contribution in [2.45, 2.75) is 135 Å². The van der Waals surface area contributed by atoms with E-state index in [1.807, 2.05) is 0 Å². The molecule has 12 heteroatoms. The van der Waals surface area contributed by atoms with E-state index < -0.39 is 35.7 Å². The van der Waals surface area contributed by atoms with Crippen LogP contribution in [-0.4, -0.2) is 0 Å². The smallest absolute Gasteiger partial charge is 0.426 e. The Morgan fingerprint density at radius 1 is 0.370 bits per heavy atom. The number of rotatable bonds is 17. The van der Waals surface area contributed by atoms with Crippen LogP contribution in [0.15, 0.2) is 146 Å². The maximum Gasteiger partial charge on any atom is 0.426 e. The van der Waals surface area contributed by atoms with Gasteiger partial charge in [0.15, 0.2) is 0 Å². The third-order valence-electron chi connectivity index (χ3n) is 14.8. The van der Waals surface area contributed by atoms with Crippen LogP contribution in [0.5, 0.6) is 11.5 Å². The fourth-order valence-electron chi connectivity index (χ4n) is 10.3. The molecule has 73 heavy (non-hydrogen) atoms. The summed E-state index contributed by atoms with van der Waals surface area (Å²) in [6.07, 6.45) is 1.75. The van der Waals surface area contributed by atoms with E-state index in [9.17, 15) is 26.3 Å². The van der Waals surface area contributed by atoms with Crippen molar-refractivity contribution in [2.75, 3.05) is 0 Å². The maximum atomic E-state index is 15.1. The lowest BCUT2D eigenvalue weighted by Gasteiger charge is -2.28. The van der Waals surface area contributed by atoms with E-state index in [4.69, 9.17) is 9.47 Å². The summed E-state index contributed by atoms with van der Waals surface area (Å²) in [6, 6.07) is 33.5. The Kier molecular flexibility index (Phi) is 18.5. The lowest BCUT2D eigenvalue weighted by atomic mass is 9.78. The van der Waals surface area contributed by atoms with Gasteiger partial charge >= 0.3 is 24.6 Å². The number of alkyl halides is 10. The topological polar surface area (TPSA) is 18.5 Å². The first-order chi connectivity index (χ1) is 34.8. The first-order valence-corrected chi connectivity index (χ1v) is 25.7. The van der Waals surface area contributed by atoms with Crippen LogP contribution in [0.3, 0.4) is 0 Å². The van der Waals surface area contributed by atoms with E-state index in [-0.39, 0.29) is 22.6 Å². The molecular formula is C61H64F10O2. The van der Waals surface area contributed by atoms with Crippen molar-refractivity contribution in [2.24, 2.45) is 23.7 Å². The first kappa shape index (κ1) is 55.0. The minimum absolute atomic E-state index is 0.102. The summed E-state index contributed by atoms with van der Waals surface area (Å²) < 4.78 is 148. The molecule has 0 aliphatic heterocycles. The monoisotopic (exact) mass is 1020 g/mol. The second kappa shape index (κ2) is 24.5. The van der Waals surface area contributed by atoms with Gasteiger partial charge in [0.2, 0.25) is 0 Å². The lowest BCUT2D eigenvalue weighted by Crippen LogP contribution is -2.22. The van der Waals surface area contributed by atoms with Gasteiger partial charge in [-0.3, -0.25) is 0 Å². The van der Waals surface area contributed by atoms with Crippen LogP contribution < -0.4 is 9.47 Å². The zero-order chi connectivity index (χ0) is 52.2. The van der Waals surface area contributed by atoms with Crippen LogP contribution in [0.4, 0.5) is 43.9 Å². The molecule has 2 nitrogen and oxygen atoms in total. The predicted molar refractivity (Wildman–Crippen MR) is 268 cm³/mol. The van der Waals surface area contributed by atoms with Gasteiger partial charge in [0.05, 0.1) is 22.3 Å². The number of hydrogen-bond donors (Lipinski definition) is 0. The molecule has 8 rings (SSSR count). The zero-order valence-electron chi connectivity index (χ0n) is 41.4. The standard InChI is InChI=1S/C31H33F5O.C30H31F5O/c1-2-5-22-8-10-23(11-9-22)12-13-24-14-18-27(19-15-24)31(35,36)37-29-7-4-3-6-28(29)25-16-20-26(21-17-25)30(32,33)34;1-2-21-7-9-22(10-8-21)11-12-23-13-17-26(18-14-23)30(34,35)36-28-6-4-3-5-27(28)24-15-19-25(20-16-24)29(31,32)33/h3-4,6-7,14-23H,2,5,8-13H2,1H3;3-6,13-22H,2,7-12H2,1H3. The van der Waals surface area contributed by atoms with Gasteiger partial charge in [-0.1, -0.05) is 169 Å². The number of hydrogen-bond acceptors (Lipinski definition) is 2. The minimum atomic E-state index is -4.47. The summed E-state index contributed by atoms with van der Waals surface area (Å²) in [4.78, 5) is 0. The molecule has 2 aliphatic carbocycles. The number of para-hydroxylation sites is 2. The van der Waals surface area contributed by atoms with Crippen LogP contribution in [-0.2, 0) is 37.4 Å². The van der Waals surface area contributed by atoms with Gasteiger partial charge in [0, 0.05) is 11.1 Å². The highest BCUT2D eigenvalue weighted by Crippen LogP contribution is 2.42. The number of halogens is 10. The molecule has 0 amide bonds. The van der Waals surface area contributed by atoms with Crippen molar-refractivity contribution in [3.63, 3.8) is 0 Å². The largest absolute Gasteiger partial charge is 0.428 e. The molecule has 0 aromatic heterocycles. The Morgan fingerprint density at radius 3 is 1.01 bits per heavy atom. The molecule has 0 N–H and O–H groups in total. The first-order valence-electron chi connectivity index (χ1n) is 25.7. The molecule has 0 radical (unpaired) electrons. The number of benzene rings is 6. The maximum absolute atomic E-state index is 15.1. The summed E-state index contributed by atoms with van der Waals surface area (Å²) in [6.45, 7) is 4.49.